The zero-order valence-electron chi connectivity index (χ0n) is 15.6. The molecule has 2 rings (SSSR count). The van der Waals surface area contributed by atoms with Crippen LogP contribution in [0, 0.1) is 0 Å². The van der Waals surface area contributed by atoms with Gasteiger partial charge in [0, 0.05) is 23.7 Å². The van der Waals surface area contributed by atoms with Crippen LogP contribution in [-0.4, -0.2) is 59.9 Å². The smallest absolute Gasteiger partial charge is 0.329 e. The minimum atomic E-state index is -0.861. The quantitative estimate of drug-likeness (QED) is 0.664. The number of halogens is 1. The van der Waals surface area contributed by atoms with Crippen molar-refractivity contribution in [1.29, 1.82) is 0 Å². The molecule has 0 radical (unpaired) electrons. The molecule has 1 fully saturated rings. The predicted octanol–water partition coefficient (Wildman–Crippen LogP) is 2.75. The Labute approximate surface area is 169 Å². The lowest BCUT2D eigenvalue weighted by Gasteiger charge is -2.23. The summed E-state index contributed by atoms with van der Waals surface area (Å²) >= 11 is 7.40. The molecule has 1 N–H and O–H groups in total. The third-order valence-electron chi connectivity index (χ3n) is 4.37. The number of carbonyl (C=O) groups excluding carboxylic acids is 3. The van der Waals surface area contributed by atoms with Crippen molar-refractivity contribution in [2.75, 3.05) is 25.1 Å². The van der Waals surface area contributed by atoms with Gasteiger partial charge in [-0.15, -0.1) is 0 Å². The molecule has 0 spiro atoms. The van der Waals surface area contributed by atoms with Crippen LogP contribution in [0.15, 0.2) is 24.3 Å². The van der Waals surface area contributed by atoms with Crippen LogP contribution in [0.25, 0.3) is 0 Å². The van der Waals surface area contributed by atoms with Crippen molar-refractivity contribution in [2.24, 2.45) is 0 Å². The van der Waals surface area contributed by atoms with Gasteiger partial charge in [-0.1, -0.05) is 11.6 Å². The van der Waals surface area contributed by atoms with Crippen LogP contribution >= 0.6 is 23.4 Å². The highest BCUT2D eigenvalue weighted by Crippen LogP contribution is 2.13. The molecule has 1 heterocycles. The number of thioether (sulfide) groups is 1. The number of ether oxygens (including phenoxy) is 1. The topological polar surface area (TPSA) is 75.7 Å². The summed E-state index contributed by atoms with van der Waals surface area (Å²) < 4.78 is 5.36. The number of hydrogen-bond acceptors (Lipinski definition) is 5. The van der Waals surface area contributed by atoms with Crippen LogP contribution < -0.4 is 5.32 Å². The van der Waals surface area contributed by atoms with Gasteiger partial charge in [-0.05, 0) is 62.5 Å². The zero-order valence-corrected chi connectivity index (χ0v) is 17.1. The van der Waals surface area contributed by atoms with E-state index in [1.165, 1.54) is 0 Å². The van der Waals surface area contributed by atoms with Gasteiger partial charge in [0.05, 0.1) is 0 Å². The van der Waals surface area contributed by atoms with Crippen LogP contribution in [0.2, 0.25) is 5.02 Å². The summed E-state index contributed by atoms with van der Waals surface area (Å²) in [7, 11) is 0. The molecule has 1 aliphatic heterocycles. The first kappa shape index (κ1) is 21.6. The monoisotopic (exact) mass is 412 g/mol. The van der Waals surface area contributed by atoms with Gasteiger partial charge in [-0.2, -0.15) is 11.8 Å². The number of esters is 1. The molecule has 2 amide bonds. The number of nitrogens with one attached hydrogen (secondary N) is 1. The molecule has 2 atom stereocenters. The molecule has 0 aromatic heterocycles. The van der Waals surface area contributed by atoms with Gasteiger partial charge < -0.3 is 15.0 Å². The summed E-state index contributed by atoms with van der Waals surface area (Å²) in [6.45, 7) is 2.97. The van der Waals surface area contributed by atoms with Crippen molar-refractivity contribution < 1.29 is 19.1 Å². The van der Waals surface area contributed by atoms with Crippen molar-refractivity contribution in [2.45, 2.75) is 38.3 Å². The number of likely N-dealkylation sites (tertiary alicyclic amines) is 1. The predicted molar refractivity (Wildman–Crippen MR) is 107 cm³/mol. The molecule has 1 saturated heterocycles. The number of nitrogens with zero attached hydrogens (tertiary/aromatic N) is 1. The minimum Gasteiger partial charge on any atom is -0.451 e. The number of benzene rings is 1. The lowest BCUT2D eigenvalue weighted by atomic mass is 10.1. The SMILES string of the molecule is CSCC[C@@H](NC(=O)c1ccc(Cl)cc1)C(=O)O[C@@H](C)C(=O)N1CCCC1. The standard InChI is InChI=1S/C19H25ClN2O4S/c1-13(18(24)22-10-3-4-11-22)26-19(25)16(9-12-27-2)21-17(23)14-5-7-15(20)8-6-14/h5-8,13,16H,3-4,9-12H2,1-2H3,(H,21,23)/t13-,16+/m0/s1. The van der Waals surface area contributed by atoms with Gasteiger partial charge in [0.2, 0.25) is 0 Å². The van der Waals surface area contributed by atoms with E-state index in [0.717, 1.165) is 12.8 Å². The number of amides is 2. The molecule has 27 heavy (non-hydrogen) atoms. The van der Waals surface area contributed by atoms with Crippen LogP contribution in [0.5, 0.6) is 0 Å². The van der Waals surface area contributed by atoms with Crippen molar-refractivity contribution in [3.63, 3.8) is 0 Å². The molecular weight excluding hydrogens is 388 g/mol. The van der Waals surface area contributed by atoms with Gasteiger partial charge in [-0.3, -0.25) is 9.59 Å². The number of hydrogen-bond donors (Lipinski definition) is 1. The molecule has 0 aliphatic carbocycles. The summed E-state index contributed by atoms with van der Waals surface area (Å²) in [5.74, 6) is -0.483. The first-order valence-electron chi connectivity index (χ1n) is 8.97. The minimum absolute atomic E-state index is 0.187. The Kier molecular flexibility index (Phi) is 8.44. The molecular formula is C19H25ClN2O4S. The summed E-state index contributed by atoms with van der Waals surface area (Å²) in [5.41, 5.74) is 0.405. The number of rotatable bonds is 8. The van der Waals surface area contributed by atoms with E-state index in [0.29, 0.717) is 35.8 Å². The van der Waals surface area contributed by atoms with Crippen LogP contribution in [0.3, 0.4) is 0 Å². The molecule has 1 aromatic rings. The van der Waals surface area contributed by atoms with E-state index in [2.05, 4.69) is 5.32 Å². The maximum absolute atomic E-state index is 12.6. The highest BCUT2D eigenvalue weighted by Gasteiger charge is 2.29. The van der Waals surface area contributed by atoms with Gasteiger partial charge in [0.25, 0.3) is 11.8 Å². The average molecular weight is 413 g/mol. The fraction of sp³-hybridized carbons (Fsp3) is 0.526. The molecule has 148 valence electrons. The first-order valence-corrected chi connectivity index (χ1v) is 10.7. The van der Waals surface area contributed by atoms with Crippen LogP contribution in [-0.2, 0) is 14.3 Å². The van der Waals surface area contributed by atoms with Crippen LogP contribution in [0.4, 0.5) is 0 Å². The summed E-state index contributed by atoms with van der Waals surface area (Å²) in [6.07, 6.45) is 3.42. The lowest BCUT2D eigenvalue weighted by Crippen LogP contribution is -2.45. The third-order valence-corrected chi connectivity index (χ3v) is 5.26. The normalized spacial score (nSPS) is 15.9. The summed E-state index contributed by atoms with van der Waals surface area (Å²) in [6, 6.07) is 5.60. The molecule has 0 saturated carbocycles. The lowest BCUT2D eigenvalue weighted by molar-refractivity contribution is -0.160. The van der Waals surface area contributed by atoms with E-state index in [1.807, 2.05) is 6.26 Å². The molecule has 1 aromatic carbocycles. The Morgan fingerprint density at radius 1 is 1.22 bits per heavy atom. The van der Waals surface area contributed by atoms with Crippen molar-refractivity contribution in [3.05, 3.63) is 34.9 Å². The highest BCUT2D eigenvalue weighted by atomic mass is 35.5. The number of carbonyl (C=O) groups is 3. The summed E-state index contributed by atoms with van der Waals surface area (Å²) in [5, 5.41) is 3.23. The van der Waals surface area contributed by atoms with Crippen molar-refractivity contribution in [1.82, 2.24) is 10.2 Å². The Morgan fingerprint density at radius 2 is 1.85 bits per heavy atom. The molecule has 8 heteroatoms. The van der Waals surface area contributed by atoms with Gasteiger partial charge >= 0.3 is 5.97 Å². The van der Waals surface area contributed by atoms with E-state index in [4.69, 9.17) is 16.3 Å². The highest BCUT2D eigenvalue weighted by molar-refractivity contribution is 7.98. The van der Waals surface area contributed by atoms with E-state index in [1.54, 1.807) is 47.9 Å². The van der Waals surface area contributed by atoms with Crippen molar-refractivity contribution >= 4 is 41.1 Å². The Balaban J connectivity index is 1.98. The maximum Gasteiger partial charge on any atom is 0.329 e. The van der Waals surface area contributed by atoms with E-state index in [9.17, 15) is 14.4 Å². The molecule has 0 bridgehead atoms. The Hall–Kier alpha value is -1.73. The van der Waals surface area contributed by atoms with Gasteiger partial charge in [-0.25, -0.2) is 4.79 Å². The fourth-order valence-corrected chi connectivity index (χ4v) is 3.43. The van der Waals surface area contributed by atoms with Crippen molar-refractivity contribution in [3.8, 4) is 0 Å². The maximum atomic E-state index is 12.6. The van der Waals surface area contributed by atoms with Gasteiger partial charge in [0.15, 0.2) is 6.10 Å². The zero-order chi connectivity index (χ0) is 19.8. The molecule has 1 aliphatic rings. The second-order valence-electron chi connectivity index (χ2n) is 6.43. The third kappa shape index (κ3) is 6.43. The Bertz CT molecular complexity index is 662. The average Bonchev–Trinajstić information content (AvgIpc) is 3.19. The van der Waals surface area contributed by atoms with E-state index >= 15 is 0 Å². The molecule has 6 nitrogen and oxygen atoms in total. The van der Waals surface area contributed by atoms with Crippen LogP contribution in [0.1, 0.15) is 36.5 Å². The van der Waals surface area contributed by atoms with Gasteiger partial charge in [0.1, 0.15) is 6.04 Å². The molecule has 0 unspecified atom stereocenters. The second kappa shape index (κ2) is 10.6. The van der Waals surface area contributed by atoms with E-state index < -0.39 is 18.1 Å². The largest absolute Gasteiger partial charge is 0.451 e. The summed E-state index contributed by atoms with van der Waals surface area (Å²) in [4.78, 5) is 39.0. The first-order chi connectivity index (χ1) is 12.9. The van der Waals surface area contributed by atoms with E-state index in [-0.39, 0.29) is 11.8 Å². The Morgan fingerprint density at radius 3 is 2.44 bits per heavy atom. The fourth-order valence-electron chi connectivity index (χ4n) is 2.83. The second-order valence-corrected chi connectivity index (χ2v) is 7.85.